The fourth-order valence-electron chi connectivity index (χ4n) is 5.59. The molecule has 0 bridgehead atoms. The predicted molar refractivity (Wildman–Crippen MR) is 147 cm³/mol. The Labute approximate surface area is 242 Å². The molecule has 0 atom stereocenters. The lowest BCUT2D eigenvalue weighted by Gasteiger charge is -2.43. The highest BCUT2D eigenvalue weighted by Gasteiger charge is 2.49. The molecule has 1 fully saturated rings. The first-order valence-electron chi connectivity index (χ1n) is 13.3. The summed E-state index contributed by atoms with van der Waals surface area (Å²) in [7, 11) is 1.50. The summed E-state index contributed by atoms with van der Waals surface area (Å²) in [6, 6.07) is 9.44. The minimum Gasteiger partial charge on any atom is -0.489 e. The number of halogens is 7. The van der Waals surface area contributed by atoms with Crippen LogP contribution < -0.4 is 20.1 Å². The molecule has 1 saturated carbocycles. The number of benzene rings is 3. The lowest BCUT2D eigenvalue weighted by atomic mass is 9.78. The van der Waals surface area contributed by atoms with E-state index in [4.69, 9.17) is 4.74 Å². The van der Waals surface area contributed by atoms with Gasteiger partial charge in [0.1, 0.15) is 24.0 Å². The van der Waals surface area contributed by atoms with E-state index in [0.29, 0.717) is 23.6 Å². The van der Waals surface area contributed by atoms with Crippen LogP contribution in [0.5, 0.6) is 5.75 Å². The molecule has 43 heavy (non-hydrogen) atoms. The van der Waals surface area contributed by atoms with E-state index in [9.17, 15) is 31.1 Å². The van der Waals surface area contributed by atoms with Crippen molar-refractivity contribution in [2.24, 2.45) is 5.92 Å². The second-order valence-electron chi connectivity index (χ2n) is 10.5. The fraction of sp³-hybridized carbons (Fsp3) is 0.267. The summed E-state index contributed by atoms with van der Waals surface area (Å²) >= 11 is 0. The van der Waals surface area contributed by atoms with Gasteiger partial charge in [0, 0.05) is 43.3 Å². The number of amides is 1. The van der Waals surface area contributed by atoms with Crippen LogP contribution in [0, 0.1) is 29.2 Å². The van der Waals surface area contributed by atoms with Crippen LogP contribution >= 0.6 is 0 Å². The monoisotopic (exact) mass is 606 g/mol. The Hall–Kier alpha value is -4.55. The number of hydrogen-bond acceptors (Lipinski definition) is 5. The van der Waals surface area contributed by atoms with Crippen LogP contribution in [-0.2, 0) is 0 Å². The largest absolute Gasteiger partial charge is 0.489 e. The predicted octanol–water partition coefficient (Wildman–Crippen LogP) is 7.03. The van der Waals surface area contributed by atoms with Gasteiger partial charge in [0.05, 0.1) is 34.9 Å². The Kier molecular flexibility index (Phi) is 7.05. The standard InChI is InChI=1S/C30H23F7N4O2.H2/c1-40(17-10-15(11-17)30(35,36)37)28-18-6-7-21(32)25(19-12-16(31)13-22(33)26(19)34)27(18)38-14-20(28)29(42)39-41-8-9-43-24-5-3-2-4-23(24)41;/h2-7,12-15,17H,8-11H2,1H3,(H,39,42);1H. The molecule has 0 unspecified atom stereocenters. The zero-order valence-corrected chi connectivity index (χ0v) is 22.5. The number of para-hydroxylation sites is 2. The number of rotatable bonds is 5. The van der Waals surface area contributed by atoms with Crippen molar-refractivity contribution in [3.8, 4) is 16.9 Å². The van der Waals surface area contributed by atoms with Crippen molar-refractivity contribution in [1.82, 2.24) is 10.4 Å². The SMILES string of the molecule is CN(c1c(C(=O)NN2CCOc3ccccc32)cnc2c(-c3cc(F)cc(F)c3F)c(F)ccc12)C1CC(C(F)(F)F)C1.[HH]. The van der Waals surface area contributed by atoms with Crippen molar-refractivity contribution in [3.63, 3.8) is 0 Å². The van der Waals surface area contributed by atoms with E-state index in [1.54, 1.807) is 29.3 Å². The smallest absolute Gasteiger partial charge is 0.391 e. The fourth-order valence-corrected chi connectivity index (χ4v) is 5.59. The summed E-state index contributed by atoms with van der Waals surface area (Å²) < 4.78 is 104. The Balaban J connectivity index is 0.00000384. The lowest BCUT2D eigenvalue weighted by Crippen LogP contribution is -2.49. The minimum atomic E-state index is -4.39. The van der Waals surface area contributed by atoms with Gasteiger partial charge in [-0.15, -0.1) is 0 Å². The molecule has 0 spiro atoms. The highest BCUT2D eigenvalue weighted by molar-refractivity contribution is 6.10. The third kappa shape index (κ3) is 5.06. The van der Waals surface area contributed by atoms with E-state index in [-0.39, 0.29) is 49.6 Å². The van der Waals surface area contributed by atoms with Gasteiger partial charge in [0.25, 0.3) is 5.91 Å². The average molecular weight is 607 g/mol. The molecule has 13 heteroatoms. The third-order valence-corrected chi connectivity index (χ3v) is 7.91. The molecule has 0 saturated heterocycles. The van der Waals surface area contributed by atoms with Gasteiger partial charge in [-0.1, -0.05) is 12.1 Å². The van der Waals surface area contributed by atoms with Crippen LogP contribution in [0.25, 0.3) is 22.0 Å². The second-order valence-corrected chi connectivity index (χ2v) is 10.5. The van der Waals surface area contributed by atoms with E-state index >= 15 is 4.39 Å². The summed E-state index contributed by atoms with van der Waals surface area (Å²) in [5, 5.41) is 1.63. The molecule has 6 rings (SSSR count). The quantitative estimate of drug-likeness (QED) is 0.195. The molecule has 1 amide bonds. The Morgan fingerprint density at radius 3 is 2.56 bits per heavy atom. The number of aromatic nitrogens is 1. The highest BCUT2D eigenvalue weighted by Crippen LogP contribution is 2.46. The van der Waals surface area contributed by atoms with Crippen LogP contribution in [0.15, 0.2) is 54.7 Å². The topological polar surface area (TPSA) is 57.7 Å². The maximum atomic E-state index is 15.2. The van der Waals surface area contributed by atoms with Crippen molar-refractivity contribution in [1.29, 1.82) is 0 Å². The van der Waals surface area contributed by atoms with Crippen LogP contribution in [0.3, 0.4) is 0 Å². The molecule has 1 aliphatic heterocycles. The number of nitrogens with one attached hydrogen (secondary N) is 1. The number of hydrazine groups is 1. The minimum absolute atomic E-state index is 0. The Morgan fingerprint density at radius 1 is 1.07 bits per heavy atom. The number of ether oxygens (including phenoxy) is 1. The Bertz CT molecular complexity index is 1750. The molecular weight excluding hydrogens is 581 g/mol. The van der Waals surface area contributed by atoms with E-state index in [1.165, 1.54) is 18.0 Å². The van der Waals surface area contributed by atoms with Crippen molar-refractivity contribution < 1.29 is 41.7 Å². The van der Waals surface area contributed by atoms with Gasteiger partial charge in [-0.25, -0.2) is 17.6 Å². The van der Waals surface area contributed by atoms with Crippen LogP contribution in [0.1, 0.15) is 24.6 Å². The van der Waals surface area contributed by atoms with Crippen molar-refractivity contribution in [2.45, 2.75) is 25.1 Å². The highest BCUT2D eigenvalue weighted by atomic mass is 19.4. The zero-order chi connectivity index (χ0) is 30.6. The summed E-state index contributed by atoms with van der Waals surface area (Å²) in [4.78, 5) is 19.4. The van der Waals surface area contributed by atoms with Gasteiger partial charge in [-0.2, -0.15) is 13.2 Å². The molecule has 0 radical (unpaired) electrons. The molecule has 2 aliphatic rings. The molecule has 6 nitrogen and oxygen atoms in total. The van der Waals surface area contributed by atoms with Gasteiger partial charge in [0.2, 0.25) is 0 Å². The number of fused-ring (bicyclic) bond motifs is 2. The normalized spacial score (nSPS) is 18.1. The van der Waals surface area contributed by atoms with Gasteiger partial charge < -0.3 is 9.64 Å². The van der Waals surface area contributed by atoms with Crippen molar-refractivity contribution >= 4 is 28.2 Å². The maximum Gasteiger partial charge on any atom is 0.391 e. The number of carbonyl (C=O) groups excluding carboxylic acids is 1. The molecule has 1 aromatic heterocycles. The van der Waals surface area contributed by atoms with Crippen molar-refractivity contribution in [3.05, 3.63) is 83.6 Å². The first kappa shape index (κ1) is 28.6. The number of anilines is 2. The molecular formula is C30H25F7N4O2. The molecule has 2 heterocycles. The molecule has 226 valence electrons. The van der Waals surface area contributed by atoms with Crippen LogP contribution in [-0.4, -0.2) is 43.3 Å². The number of hydrogen-bond donors (Lipinski definition) is 1. The van der Waals surface area contributed by atoms with E-state index in [2.05, 4.69) is 10.4 Å². The third-order valence-electron chi connectivity index (χ3n) is 7.91. The average Bonchev–Trinajstić information content (AvgIpc) is 2.93. The van der Waals surface area contributed by atoms with Crippen molar-refractivity contribution in [2.75, 3.05) is 30.1 Å². The first-order valence-corrected chi connectivity index (χ1v) is 13.3. The number of nitrogens with zero attached hydrogens (tertiary/aromatic N) is 3. The molecule has 4 aromatic rings. The zero-order valence-electron chi connectivity index (χ0n) is 22.5. The summed E-state index contributed by atoms with van der Waals surface area (Å²) in [5.41, 5.74) is 1.88. The molecule has 1 aliphatic carbocycles. The second kappa shape index (κ2) is 10.6. The maximum absolute atomic E-state index is 15.2. The summed E-state index contributed by atoms with van der Waals surface area (Å²) in [6.45, 7) is 0.546. The number of alkyl halides is 3. The van der Waals surface area contributed by atoms with E-state index < -0.39 is 58.4 Å². The van der Waals surface area contributed by atoms with E-state index in [0.717, 1.165) is 12.3 Å². The molecule has 3 aromatic carbocycles. The summed E-state index contributed by atoms with van der Waals surface area (Å²) in [6.07, 6.45) is -3.80. The molecule has 1 N–H and O–H groups in total. The van der Waals surface area contributed by atoms with E-state index in [1.807, 2.05) is 0 Å². The van der Waals surface area contributed by atoms with Crippen LogP contribution in [0.2, 0.25) is 0 Å². The Morgan fingerprint density at radius 2 is 1.81 bits per heavy atom. The first-order chi connectivity index (χ1) is 20.4. The summed E-state index contributed by atoms with van der Waals surface area (Å²) in [5.74, 6) is -6.93. The van der Waals surface area contributed by atoms with Gasteiger partial charge in [0.15, 0.2) is 11.6 Å². The van der Waals surface area contributed by atoms with Gasteiger partial charge >= 0.3 is 6.18 Å². The lowest BCUT2D eigenvalue weighted by molar-refractivity contribution is -0.196. The van der Waals surface area contributed by atoms with Gasteiger partial charge in [-0.05, 0) is 43.2 Å². The number of pyridine rings is 1. The van der Waals surface area contributed by atoms with Gasteiger partial charge in [-0.3, -0.25) is 20.2 Å². The van der Waals surface area contributed by atoms with Crippen LogP contribution in [0.4, 0.5) is 42.1 Å². The number of carbonyl (C=O) groups is 1.